The third kappa shape index (κ3) is 8.56. The van der Waals surface area contributed by atoms with E-state index in [0.29, 0.717) is 11.5 Å². The molecule has 2 aromatic heterocycles. The maximum Gasteiger partial charge on any atom is 0.135 e. The number of fused-ring (bicyclic) bond motifs is 4. The number of anilines is 4. The van der Waals surface area contributed by atoms with E-state index in [1.165, 1.54) is 27.8 Å². The number of para-hydroxylation sites is 2. The summed E-state index contributed by atoms with van der Waals surface area (Å²) in [5.41, 5.74) is 12.8. The average molecular weight is 1070 g/mol. The standard InChI is InChI=1S/C62H59N4O.Pt/c1-59(2,3)44-24-19-25-48(34-44)64-41-65(55-27-18-17-26-54(55)64)49-35-47(60(4,5)6)36-51(39-49)67-50-29-31-53-52-30-28-45(61(7,8)42-20-13-11-14-21-42)37-56(52)66(57(53)40-50)58-38-46(32-33-63-58)62(9,10)43-22-15-12-16-23-43;/h11-38,41H,1-10H3;/q-3;. The molecule has 346 valence electrons. The molecule has 0 aliphatic carbocycles. The number of hydrogen-bond donors (Lipinski definition) is 0. The van der Waals surface area contributed by atoms with Gasteiger partial charge in [0, 0.05) is 72.2 Å². The Morgan fingerprint density at radius 3 is 1.71 bits per heavy atom. The van der Waals surface area contributed by atoms with Crippen molar-refractivity contribution < 1.29 is 25.8 Å². The molecule has 0 saturated heterocycles. The molecule has 0 saturated carbocycles. The van der Waals surface area contributed by atoms with Gasteiger partial charge in [-0.1, -0.05) is 172 Å². The second kappa shape index (κ2) is 17.6. The van der Waals surface area contributed by atoms with Gasteiger partial charge in [-0.25, -0.2) is 4.98 Å². The van der Waals surface area contributed by atoms with Gasteiger partial charge in [-0.2, -0.15) is 6.07 Å². The van der Waals surface area contributed by atoms with Crippen LogP contribution < -0.4 is 14.5 Å². The van der Waals surface area contributed by atoms with Crippen LogP contribution in [0, 0.1) is 18.8 Å². The van der Waals surface area contributed by atoms with E-state index in [9.17, 15) is 0 Å². The zero-order valence-corrected chi connectivity index (χ0v) is 43.0. The maximum absolute atomic E-state index is 6.93. The fraction of sp³-hybridized carbons (Fsp3) is 0.226. The topological polar surface area (TPSA) is 33.5 Å². The average Bonchev–Trinajstić information content (AvgIpc) is 3.87. The van der Waals surface area contributed by atoms with Crippen molar-refractivity contribution in [3.05, 3.63) is 222 Å². The monoisotopic (exact) mass is 1070 g/mol. The van der Waals surface area contributed by atoms with Gasteiger partial charge in [-0.3, -0.25) is 0 Å². The van der Waals surface area contributed by atoms with E-state index >= 15 is 0 Å². The number of hydrogen-bond acceptors (Lipinski definition) is 4. The number of benzene rings is 7. The second-order valence-electron chi connectivity index (χ2n) is 21.2. The molecule has 68 heavy (non-hydrogen) atoms. The van der Waals surface area contributed by atoms with Gasteiger partial charge in [0.25, 0.3) is 0 Å². The van der Waals surface area contributed by atoms with Gasteiger partial charge in [0.05, 0.1) is 0 Å². The van der Waals surface area contributed by atoms with E-state index < -0.39 is 0 Å². The van der Waals surface area contributed by atoms with Crippen LogP contribution in [0.1, 0.15) is 103 Å². The minimum atomic E-state index is -0.261. The number of nitrogens with zero attached hydrogens (tertiary/aromatic N) is 4. The van der Waals surface area contributed by atoms with Gasteiger partial charge < -0.3 is 19.1 Å². The summed E-state index contributed by atoms with van der Waals surface area (Å²) in [6.07, 6.45) is 1.94. The quantitative estimate of drug-likeness (QED) is 0.135. The Kier molecular flexibility index (Phi) is 12.1. The summed E-state index contributed by atoms with van der Waals surface area (Å²) in [6.45, 7) is 24.8. The molecule has 3 heterocycles. The van der Waals surface area contributed by atoms with Crippen LogP contribution in [0.3, 0.4) is 0 Å². The Labute approximate surface area is 417 Å². The summed E-state index contributed by atoms with van der Waals surface area (Å²) in [7, 11) is 0. The van der Waals surface area contributed by atoms with Crippen LogP contribution in [0.25, 0.3) is 27.6 Å². The number of rotatable bonds is 9. The summed E-state index contributed by atoms with van der Waals surface area (Å²) in [4.78, 5) is 9.60. The number of pyridine rings is 1. The normalized spacial score (nSPS) is 13.2. The molecule has 1 aliphatic heterocycles. The molecule has 7 aromatic carbocycles. The fourth-order valence-electron chi connectivity index (χ4n) is 9.48. The molecule has 1 aliphatic rings. The molecule has 0 atom stereocenters. The van der Waals surface area contributed by atoms with Crippen molar-refractivity contribution in [2.24, 2.45) is 0 Å². The van der Waals surface area contributed by atoms with E-state index in [1.54, 1.807) is 0 Å². The van der Waals surface area contributed by atoms with E-state index in [4.69, 9.17) is 9.72 Å². The summed E-state index contributed by atoms with van der Waals surface area (Å²) < 4.78 is 9.21. The molecular weight excluding hydrogens is 1010 g/mol. The molecular formula is C62H59N4OPt-3. The van der Waals surface area contributed by atoms with E-state index in [0.717, 1.165) is 55.9 Å². The van der Waals surface area contributed by atoms with Crippen LogP contribution in [0.15, 0.2) is 170 Å². The first-order chi connectivity index (χ1) is 32.0. The molecule has 0 radical (unpaired) electrons. The van der Waals surface area contributed by atoms with Gasteiger partial charge in [-0.15, -0.1) is 53.6 Å². The first-order valence-corrected chi connectivity index (χ1v) is 23.4. The predicted octanol–water partition coefficient (Wildman–Crippen LogP) is 16.2. The minimum absolute atomic E-state index is 0. The Morgan fingerprint density at radius 1 is 0.471 bits per heavy atom. The molecule has 0 unspecified atom stereocenters. The van der Waals surface area contributed by atoms with Crippen LogP contribution in [-0.4, -0.2) is 9.55 Å². The van der Waals surface area contributed by atoms with Gasteiger partial charge >= 0.3 is 0 Å². The van der Waals surface area contributed by atoms with Crippen molar-refractivity contribution >= 4 is 44.6 Å². The molecule has 6 heteroatoms. The Hall–Kier alpha value is -6.42. The zero-order valence-electron chi connectivity index (χ0n) is 40.8. The van der Waals surface area contributed by atoms with Gasteiger partial charge in [0.15, 0.2) is 0 Å². The van der Waals surface area contributed by atoms with E-state index in [2.05, 4.69) is 260 Å². The Bertz CT molecular complexity index is 3280. The third-order valence-corrected chi connectivity index (χ3v) is 13.9. The van der Waals surface area contributed by atoms with Gasteiger partial charge in [-0.05, 0) is 86.5 Å². The summed E-state index contributed by atoms with van der Waals surface area (Å²) in [6, 6.07) is 66.2. The minimum Gasteiger partial charge on any atom is -0.509 e. The fourth-order valence-corrected chi connectivity index (χ4v) is 9.48. The SMILES string of the molecule is CC(C)(C)c1cc(Oc2[c-]c3c(cc2)c2ccc(C(C)(C)c4ccccc4)cc2n3-c2cc(C(C)(C)c3ccccc3)ccn2)[c-]c(N2[CH-]N(c3cccc(C(C)(C)C)c3)c3ccccc32)c1.[Pt]. The van der Waals surface area contributed by atoms with Crippen LogP contribution >= 0.6 is 0 Å². The molecule has 0 fully saturated rings. The van der Waals surface area contributed by atoms with Crippen molar-refractivity contribution in [2.45, 2.75) is 90.9 Å². The number of ether oxygens (including phenoxy) is 1. The first-order valence-electron chi connectivity index (χ1n) is 23.4. The summed E-state index contributed by atoms with van der Waals surface area (Å²) in [5.74, 6) is 2.05. The van der Waals surface area contributed by atoms with Crippen molar-refractivity contribution in [3.8, 4) is 17.3 Å². The smallest absolute Gasteiger partial charge is 0.135 e. The van der Waals surface area contributed by atoms with Crippen LogP contribution in [0.2, 0.25) is 0 Å². The summed E-state index contributed by atoms with van der Waals surface area (Å²) >= 11 is 0. The number of aromatic nitrogens is 2. The predicted molar refractivity (Wildman–Crippen MR) is 279 cm³/mol. The molecule has 10 rings (SSSR count). The van der Waals surface area contributed by atoms with Gasteiger partial charge in [0.2, 0.25) is 0 Å². The molecule has 0 N–H and O–H groups in total. The van der Waals surface area contributed by atoms with Gasteiger partial charge in [0.1, 0.15) is 5.82 Å². The van der Waals surface area contributed by atoms with Crippen molar-refractivity contribution in [3.63, 3.8) is 0 Å². The maximum atomic E-state index is 6.93. The van der Waals surface area contributed by atoms with E-state index in [-0.39, 0.29) is 42.7 Å². The van der Waals surface area contributed by atoms with Crippen LogP contribution in [0.5, 0.6) is 11.5 Å². The molecule has 0 amide bonds. The van der Waals surface area contributed by atoms with Crippen molar-refractivity contribution in [1.29, 1.82) is 0 Å². The molecule has 9 aromatic rings. The molecule has 5 nitrogen and oxygen atoms in total. The second-order valence-corrected chi connectivity index (χ2v) is 21.2. The molecule has 0 bridgehead atoms. The summed E-state index contributed by atoms with van der Waals surface area (Å²) in [5, 5.41) is 2.21. The molecule has 0 spiro atoms. The Morgan fingerprint density at radius 2 is 1.06 bits per heavy atom. The third-order valence-electron chi connectivity index (χ3n) is 13.9. The van der Waals surface area contributed by atoms with Crippen molar-refractivity contribution in [1.82, 2.24) is 9.55 Å². The Balaban J connectivity index is 0.00000578. The van der Waals surface area contributed by atoms with Crippen LogP contribution in [-0.2, 0) is 42.7 Å². The van der Waals surface area contributed by atoms with Crippen molar-refractivity contribution in [2.75, 3.05) is 9.80 Å². The van der Waals surface area contributed by atoms with Crippen LogP contribution in [0.4, 0.5) is 22.7 Å². The first kappa shape index (κ1) is 46.7. The largest absolute Gasteiger partial charge is 0.509 e. The zero-order chi connectivity index (χ0) is 46.9. The van der Waals surface area contributed by atoms with E-state index in [1.807, 2.05) is 12.3 Å².